The van der Waals surface area contributed by atoms with E-state index in [1.165, 1.54) is 12.1 Å². The largest absolute Gasteiger partial charge is 0.340 e. The molecule has 0 atom stereocenters. The average Bonchev–Trinajstić information content (AvgIpc) is 2.76. The first-order valence-electron chi connectivity index (χ1n) is 5.12. The smallest absolute Gasteiger partial charge is 0.241 e. The van der Waals surface area contributed by atoms with E-state index in [1.807, 2.05) is 0 Å². The number of hydrogen-bond acceptors (Lipinski definition) is 5. The Bertz CT molecular complexity index is 702. The Balaban J connectivity index is 2.16. The number of rotatable bonds is 4. The highest BCUT2D eigenvalue weighted by molar-refractivity contribution is 9.10. The molecule has 1 heterocycles. The number of aromatic nitrogens is 2. The Kier molecular flexibility index (Phi) is 3.97. The van der Waals surface area contributed by atoms with E-state index < -0.39 is 15.8 Å². The normalized spacial score (nSPS) is 11.7. The van der Waals surface area contributed by atoms with E-state index in [-0.39, 0.29) is 21.7 Å². The predicted molar refractivity (Wildman–Crippen MR) is 67.2 cm³/mol. The SMILES string of the molecule is Cc1nc(CNS(=O)(=O)c2ccc(Br)c(F)c2)no1. The van der Waals surface area contributed by atoms with Crippen LogP contribution in [0, 0.1) is 12.7 Å². The highest BCUT2D eigenvalue weighted by Gasteiger charge is 2.16. The van der Waals surface area contributed by atoms with Gasteiger partial charge < -0.3 is 4.52 Å². The van der Waals surface area contributed by atoms with Gasteiger partial charge in [0.25, 0.3) is 0 Å². The van der Waals surface area contributed by atoms with Gasteiger partial charge >= 0.3 is 0 Å². The highest BCUT2D eigenvalue weighted by atomic mass is 79.9. The van der Waals surface area contributed by atoms with Gasteiger partial charge in [0.2, 0.25) is 15.9 Å². The van der Waals surface area contributed by atoms with Gasteiger partial charge in [-0.05, 0) is 34.1 Å². The fourth-order valence-corrected chi connectivity index (χ4v) is 2.54. The summed E-state index contributed by atoms with van der Waals surface area (Å²) >= 11 is 2.95. The first-order valence-corrected chi connectivity index (χ1v) is 7.40. The minimum absolute atomic E-state index is 0.128. The van der Waals surface area contributed by atoms with Crippen LogP contribution in [0.4, 0.5) is 4.39 Å². The molecular formula is C10H9BrFN3O3S. The summed E-state index contributed by atoms with van der Waals surface area (Å²) in [4.78, 5) is 3.68. The van der Waals surface area contributed by atoms with Gasteiger partial charge in [0.15, 0.2) is 5.82 Å². The summed E-state index contributed by atoms with van der Waals surface area (Å²) in [6, 6.07) is 3.53. The molecule has 9 heteroatoms. The zero-order valence-corrected chi connectivity index (χ0v) is 12.1. The van der Waals surface area contributed by atoms with Crippen molar-refractivity contribution >= 4 is 26.0 Å². The molecule has 1 N–H and O–H groups in total. The third-order valence-electron chi connectivity index (χ3n) is 2.19. The fraction of sp³-hybridized carbons (Fsp3) is 0.200. The van der Waals surface area contributed by atoms with Crippen molar-refractivity contribution in [2.24, 2.45) is 0 Å². The average molecular weight is 350 g/mol. The van der Waals surface area contributed by atoms with Crippen molar-refractivity contribution in [3.63, 3.8) is 0 Å². The van der Waals surface area contributed by atoms with Gasteiger partial charge in [-0.25, -0.2) is 17.5 Å². The van der Waals surface area contributed by atoms with Crippen LogP contribution in [0.3, 0.4) is 0 Å². The number of hydrogen-bond donors (Lipinski definition) is 1. The lowest BCUT2D eigenvalue weighted by Crippen LogP contribution is -2.24. The van der Waals surface area contributed by atoms with E-state index in [2.05, 4.69) is 30.8 Å². The zero-order chi connectivity index (χ0) is 14.0. The van der Waals surface area contributed by atoms with E-state index in [0.717, 1.165) is 6.07 Å². The summed E-state index contributed by atoms with van der Waals surface area (Å²) in [6.07, 6.45) is 0. The van der Waals surface area contributed by atoms with Crippen LogP contribution in [-0.4, -0.2) is 18.6 Å². The number of nitrogens with one attached hydrogen (secondary N) is 1. The molecule has 1 aromatic heterocycles. The number of aryl methyl sites for hydroxylation is 1. The van der Waals surface area contributed by atoms with E-state index in [4.69, 9.17) is 4.52 Å². The molecule has 0 aliphatic heterocycles. The monoisotopic (exact) mass is 349 g/mol. The van der Waals surface area contributed by atoms with Crippen LogP contribution in [0.5, 0.6) is 0 Å². The van der Waals surface area contributed by atoms with Crippen LogP contribution in [0.1, 0.15) is 11.7 Å². The summed E-state index contributed by atoms with van der Waals surface area (Å²) < 4.78 is 44.3. The highest BCUT2D eigenvalue weighted by Crippen LogP contribution is 2.19. The Morgan fingerprint density at radius 1 is 1.47 bits per heavy atom. The molecule has 6 nitrogen and oxygen atoms in total. The molecule has 0 spiro atoms. The van der Waals surface area contributed by atoms with Crippen LogP contribution < -0.4 is 4.72 Å². The molecule has 2 aromatic rings. The number of halogens is 2. The first-order chi connectivity index (χ1) is 8.88. The molecule has 102 valence electrons. The second-order valence-electron chi connectivity index (χ2n) is 3.63. The molecule has 0 amide bonds. The molecule has 0 fully saturated rings. The molecule has 0 saturated heterocycles. The lowest BCUT2D eigenvalue weighted by atomic mass is 10.3. The van der Waals surface area contributed by atoms with Gasteiger partial charge in [-0.3, -0.25) is 0 Å². The molecule has 2 rings (SSSR count). The summed E-state index contributed by atoms with van der Waals surface area (Å²) in [5.41, 5.74) is 0. The first kappa shape index (κ1) is 14.1. The molecule has 0 saturated carbocycles. The second-order valence-corrected chi connectivity index (χ2v) is 6.25. The van der Waals surface area contributed by atoms with Crippen molar-refractivity contribution < 1.29 is 17.3 Å². The van der Waals surface area contributed by atoms with Crippen LogP contribution in [0.2, 0.25) is 0 Å². The second kappa shape index (κ2) is 5.35. The van der Waals surface area contributed by atoms with E-state index in [1.54, 1.807) is 6.92 Å². The van der Waals surface area contributed by atoms with Crippen molar-refractivity contribution in [3.8, 4) is 0 Å². The Morgan fingerprint density at radius 2 is 2.21 bits per heavy atom. The third kappa shape index (κ3) is 3.37. The van der Waals surface area contributed by atoms with Crippen molar-refractivity contribution in [1.29, 1.82) is 0 Å². The summed E-state index contributed by atoms with van der Waals surface area (Å²) in [5.74, 6) is -0.110. The topological polar surface area (TPSA) is 85.1 Å². The van der Waals surface area contributed by atoms with Gasteiger partial charge in [0.05, 0.1) is 15.9 Å². The zero-order valence-electron chi connectivity index (χ0n) is 9.72. The Morgan fingerprint density at radius 3 is 2.79 bits per heavy atom. The van der Waals surface area contributed by atoms with E-state index in [0.29, 0.717) is 5.89 Å². The van der Waals surface area contributed by atoms with Crippen molar-refractivity contribution in [1.82, 2.24) is 14.9 Å². The number of nitrogens with zero attached hydrogens (tertiary/aromatic N) is 2. The third-order valence-corrected chi connectivity index (χ3v) is 4.23. The van der Waals surface area contributed by atoms with Gasteiger partial charge in [0.1, 0.15) is 5.82 Å². The quantitative estimate of drug-likeness (QED) is 0.908. The Labute approximate surface area is 117 Å². The number of sulfonamides is 1. The lowest BCUT2D eigenvalue weighted by Gasteiger charge is -2.05. The van der Waals surface area contributed by atoms with Gasteiger partial charge in [-0.1, -0.05) is 5.16 Å². The van der Waals surface area contributed by atoms with Crippen molar-refractivity contribution in [3.05, 3.63) is 40.2 Å². The molecule has 0 unspecified atom stereocenters. The molecule has 19 heavy (non-hydrogen) atoms. The predicted octanol–water partition coefficient (Wildman–Crippen LogP) is 1.76. The summed E-state index contributed by atoms with van der Waals surface area (Å²) in [5, 5.41) is 3.55. The maximum absolute atomic E-state index is 13.3. The standard InChI is InChI=1S/C10H9BrFN3O3S/c1-6-14-10(15-18-6)5-13-19(16,17)7-2-3-8(11)9(12)4-7/h2-4,13H,5H2,1H3. The fourth-order valence-electron chi connectivity index (χ4n) is 1.30. The van der Waals surface area contributed by atoms with Crippen molar-refractivity contribution in [2.75, 3.05) is 0 Å². The molecular weight excluding hydrogens is 341 g/mol. The maximum Gasteiger partial charge on any atom is 0.241 e. The Hall–Kier alpha value is -1.32. The summed E-state index contributed by atoms with van der Waals surface area (Å²) in [7, 11) is -3.82. The van der Waals surface area contributed by atoms with E-state index in [9.17, 15) is 12.8 Å². The minimum atomic E-state index is -3.82. The molecule has 0 radical (unpaired) electrons. The van der Waals surface area contributed by atoms with Crippen LogP contribution in [0.15, 0.2) is 32.1 Å². The molecule has 0 aliphatic carbocycles. The van der Waals surface area contributed by atoms with Crippen LogP contribution in [0.25, 0.3) is 0 Å². The molecule has 0 bridgehead atoms. The van der Waals surface area contributed by atoms with Gasteiger partial charge in [-0.15, -0.1) is 0 Å². The lowest BCUT2D eigenvalue weighted by molar-refractivity contribution is 0.387. The van der Waals surface area contributed by atoms with Crippen LogP contribution in [-0.2, 0) is 16.6 Å². The maximum atomic E-state index is 13.3. The van der Waals surface area contributed by atoms with Gasteiger partial charge in [-0.2, -0.15) is 4.98 Å². The molecule has 1 aromatic carbocycles. The number of benzene rings is 1. The van der Waals surface area contributed by atoms with Crippen LogP contribution >= 0.6 is 15.9 Å². The van der Waals surface area contributed by atoms with Gasteiger partial charge in [0, 0.05) is 6.92 Å². The van der Waals surface area contributed by atoms with E-state index >= 15 is 0 Å². The minimum Gasteiger partial charge on any atom is -0.340 e. The summed E-state index contributed by atoms with van der Waals surface area (Å²) in [6.45, 7) is 1.46. The van der Waals surface area contributed by atoms with Crippen molar-refractivity contribution in [2.45, 2.75) is 18.4 Å². The molecule has 0 aliphatic rings.